The van der Waals surface area contributed by atoms with Crippen LogP contribution < -0.4 is 4.74 Å². The summed E-state index contributed by atoms with van der Waals surface area (Å²) in [6.07, 6.45) is 7.12. The quantitative estimate of drug-likeness (QED) is 0.796. The lowest BCUT2D eigenvalue weighted by atomic mass is 9.98. The van der Waals surface area contributed by atoms with Crippen molar-refractivity contribution in [3.63, 3.8) is 0 Å². The first-order valence-corrected chi connectivity index (χ1v) is 7.94. The van der Waals surface area contributed by atoms with E-state index in [1.165, 1.54) is 31.5 Å². The Morgan fingerprint density at radius 3 is 2.47 bits per heavy atom. The highest BCUT2D eigenvalue weighted by molar-refractivity contribution is 8.13. The second-order valence-corrected chi connectivity index (χ2v) is 6.71. The van der Waals surface area contributed by atoms with Gasteiger partial charge in [-0.2, -0.15) is 0 Å². The molecule has 1 aromatic heterocycles. The minimum atomic E-state index is -3.70. The number of nitrogens with zero attached hydrogens (tertiary/aromatic N) is 1. The van der Waals surface area contributed by atoms with Gasteiger partial charge in [0.25, 0.3) is 9.05 Å². The summed E-state index contributed by atoms with van der Waals surface area (Å²) in [5, 5.41) is 0. The molecule has 6 heteroatoms. The molecule has 1 fully saturated rings. The van der Waals surface area contributed by atoms with Crippen LogP contribution in [0, 0.1) is 0 Å². The van der Waals surface area contributed by atoms with Crippen molar-refractivity contribution in [2.45, 2.75) is 43.1 Å². The van der Waals surface area contributed by atoms with Crippen molar-refractivity contribution in [2.24, 2.45) is 0 Å². The van der Waals surface area contributed by atoms with Crippen LogP contribution in [0.1, 0.15) is 32.1 Å². The number of hydrogen-bond acceptors (Lipinski definition) is 4. The number of halogens is 1. The monoisotopic (exact) mass is 275 g/mol. The van der Waals surface area contributed by atoms with E-state index in [0.29, 0.717) is 5.88 Å². The highest BCUT2D eigenvalue weighted by Gasteiger charge is 2.16. The summed E-state index contributed by atoms with van der Waals surface area (Å²) in [6.45, 7) is 0. The van der Waals surface area contributed by atoms with Crippen molar-refractivity contribution in [1.29, 1.82) is 0 Å². The van der Waals surface area contributed by atoms with Crippen LogP contribution in [0.25, 0.3) is 0 Å². The molecule has 1 aliphatic rings. The minimum Gasteiger partial charge on any atom is -0.474 e. The van der Waals surface area contributed by atoms with Gasteiger partial charge in [0.1, 0.15) is 11.0 Å². The van der Waals surface area contributed by atoms with Crippen LogP contribution in [0.3, 0.4) is 0 Å². The molecule has 0 atom stereocenters. The molecule has 1 aliphatic carbocycles. The number of pyridine rings is 1. The van der Waals surface area contributed by atoms with E-state index in [0.717, 1.165) is 12.8 Å². The number of hydrogen-bond donors (Lipinski definition) is 0. The first-order valence-electron chi connectivity index (χ1n) is 5.63. The summed E-state index contributed by atoms with van der Waals surface area (Å²) in [4.78, 5) is 3.95. The van der Waals surface area contributed by atoms with Crippen molar-refractivity contribution in [3.05, 3.63) is 18.3 Å². The molecule has 0 bridgehead atoms. The summed E-state index contributed by atoms with van der Waals surface area (Å²) in [5.74, 6) is 0.459. The van der Waals surface area contributed by atoms with Crippen LogP contribution in [-0.4, -0.2) is 19.5 Å². The molecule has 4 nitrogen and oxygen atoms in total. The van der Waals surface area contributed by atoms with Gasteiger partial charge in [-0.1, -0.05) is 6.42 Å². The molecule has 17 heavy (non-hydrogen) atoms. The van der Waals surface area contributed by atoms with Crippen LogP contribution in [-0.2, 0) is 9.05 Å². The number of rotatable bonds is 3. The van der Waals surface area contributed by atoms with E-state index in [2.05, 4.69) is 4.98 Å². The largest absolute Gasteiger partial charge is 0.474 e. The zero-order valence-corrected chi connectivity index (χ0v) is 10.9. The van der Waals surface area contributed by atoms with Gasteiger partial charge in [-0.05, 0) is 31.7 Å². The predicted octanol–water partition coefficient (Wildman–Crippen LogP) is 2.72. The van der Waals surface area contributed by atoms with E-state index in [-0.39, 0.29) is 11.0 Å². The Labute approximate surface area is 105 Å². The Kier molecular flexibility index (Phi) is 3.89. The molecule has 0 aliphatic heterocycles. The highest BCUT2D eigenvalue weighted by Crippen LogP contribution is 2.23. The van der Waals surface area contributed by atoms with Crippen molar-refractivity contribution in [1.82, 2.24) is 4.98 Å². The Morgan fingerprint density at radius 2 is 1.94 bits per heavy atom. The molecule has 0 unspecified atom stereocenters. The lowest BCUT2D eigenvalue weighted by Crippen LogP contribution is -2.20. The van der Waals surface area contributed by atoms with Crippen molar-refractivity contribution >= 4 is 19.7 Å². The standard InChI is InChI=1S/C11H14ClNO3S/c12-17(14,15)10-6-7-11(13-8-10)16-9-4-2-1-3-5-9/h6-9H,1-5H2. The summed E-state index contributed by atoms with van der Waals surface area (Å²) in [5.41, 5.74) is 0. The van der Waals surface area contributed by atoms with Crippen LogP contribution in [0.2, 0.25) is 0 Å². The lowest BCUT2D eigenvalue weighted by molar-refractivity contribution is 0.148. The smallest absolute Gasteiger partial charge is 0.262 e. The zero-order valence-electron chi connectivity index (χ0n) is 9.30. The lowest BCUT2D eigenvalue weighted by Gasteiger charge is -2.22. The van der Waals surface area contributed by atoms with Gasteiger partial charge in [0, 0.05) is 16.7 Å². The van der Waals surface area contributed by atoms with E-state index in [1.54, 1.807) is 6.07 Å². The van der Waals surface area contributed by atoms with Crippen molar-refractivity contribution in [2.75, 3.05) is 0 Å². The number of ether oxygens (including phenoxy) is 1. The minimum absolute atomic E-state index is 0.00448. The zero-order chi connectivity index (χ0) is 12.3. The van der Waals surface area contributed by atoms with Crippen molar-refractivity contribution in [3.8, 4) is 5.88 Å². The molecule has 1 saturated carbocycles. The molecular weight excluding hydrogens is 262 g/mol. The van der Waals surface area contributed by atoms with E-state index in [9.17, 15) is 8.42 Å². The van der Waals surface area contributed by atoms with Gasteiger partial charge in [-0.15, -0.1) is 0 Å². The molecule has 1 aromatic rings. The second-order valence-electron chi connectivity index (χ2n) is 4.15. The Bertz CT molecular complexity index is 466. The second kappa shape index (κ2) is 5.23. The Hall–Kier alpha value is -0.810. The molecule has 94 valence electrons. The van der Waals surface area contributed by atoms with Gasteiger partial charge in [-0.3, -0.25) is 0 Å². The van der Waals surface area contributed by atoms with Gasteiger partial charge >= 0.3 is 0 Å². The number of aromatic nitrogens is 1. The molecule has 0 amide bonds. The van der Waals surface area contributed by atoms with E-state index in [4.69, 9.17) is 15.4 Å². The third-order valence-electron chi connectivity index (χ3n) is 2.83. The summed E-state index contributed by atoms with van der Waals surface area (Å²) in [6, 6.07) is 2.96. The molecule has 0 spiro atoms. The molecule has 0 N–H and O–H groups in total. The maximum atomic E-state index is 11.0. The van der Waals surface area contributed by atoms with Crippen LogP contribution in [0.4, 0.5) is 0 Å². The summed E-state index contributed by atoms with van der Waals surface area (Å²) < 4.78 is 27.7. The van der Waals surface area contributed by atoms with Gasteiger partial charge in [-0.25, -0.2) is 13.4 Å². The molecular formula is C11H14ClNO3S. The van der Waals surface area contributed by atoms with Gasteiger partial charge in [0.15, 0.2) is 0 Å². The van der Waals surface area contributed by atoms with E-state index in [1.807, 2.05) is 0 Å². The Balaban J connectivity index is 2.03. The highest BCUT2D eigenvalue weighted by atomic mass is 35.7. The average molecular weight is 276 g/mol. The summed E-state index contributed by atoms with van der Waals surface area (Å²) in [7, 11) is 1.50. The van der Waals surface area contributed by atoms with Crippen LogP contribution in [0.15, 0.2) is 23.2 Å². The maximum absolute atomic E-state index is 11.0. The molecule has 0 aromatic carbocycles. The summed E-state index contributed by atoms with van der Waals surface area (Å²) >= 11 is 0. The fraction of sp³-hybridized carbons (Fsp3) is 0.545. The molecule has 0 saturated heterocycles. The first-order chi connectivity index (χ1) is 8.05. The SMILES string of the molecule is O=S(=O)(Cl)c1ccc(OC2CCCCC2)nc1. The third kappa shape index (κ3) is 3.57. The molecule has 2 rings (SSSR count). The third-order valence-corrected chi connectivity index (χ3v) is 4.17. The predicted molar refractivity (Wildman–Crippen MR) is 64.8 cm³/mol. The fourth-order valence-electron chi connectivity index (χ4n) is 1.93. The van der Waals surface area contributed by atoms with Gasteiger partial charge in [0.2, 0.25) is 5.88 Å². The normalized spacial score (nSPS) is 17.9. The Morgan fingerprint density at radius 1 is 1.24 bits per heavy atom. The van der Waals surface area contributed by atoms with Crippen molar-refractivity contribution < 1.29 is 13.2 Å². The molecule has 0 radical (unpaired) electrons. The van der Waals surface area contributed by atoms with E-state index >= 15 is 0 Å². The van der Waals surface area contributed by atoms with E-state index < -0.39 is 9.05 Å². The van der Waals surface area contributed by atoms with Gasteiger partial charge < -0.3 is 4.74 Å². The van der Waals surface area contributed by atoms with Crippen LogP contribution >= 0.6 is 10.7 Å². The van der Waals surface area contributed by atoms with Crippen LogP contribution in [0.5, 0.6) is 5.88 Å². The van der Waals surface area contributed by atoms with Gasteiger partial charge in [0.05, 0.1) is 6.20 Å². The average Bonchev–Trinajstić information content (AvgIpc) is 2.30. The molecule has 1 heterocycles. The maximum Gasteiger partial charge on any atom is 0.262 e. The first kappa shape index (κ1) is 12.6. The fourth-order valence-corrected chi connectivity index (χ4v) is 2.62. The topological polar surface area (TPSA) is 56.3 Å².